The van der Waals surface area contributed by atoms with Crippen molar-refractivity contribution in [3.05, 3.63) is 35.9 Å². The Morgan fingerprint density at radius 2 is 2.16 bits per heavy atom. The van der Waals surface area contributed by atoms with Gasteiger partial charge in [0.1, 0.15) is 17.7 Å². The highest BCUT2D eigenvalue weighted by Crippen LogP contribution is 2.20. The smallest absolute Gasteiger partial charge is 0.158 e. The third-order valence-electron chi connectivity index (χ3n) is 3.61. The molecule has 0 radical (unpaired) electrons. The zero-order chi connectivity index (χ0) is 17.5. The van der Waals surface area contributed by atoms with Crippen LogP contribution in [0.25, 0.3) is 0 Å². The van der Waals surface area contributed by atoms with E-state index in [9.17, 15) is 0 Å². The lowest BCUT2D eigenvalue weighted by molar-refractivity contribution is 0.0372. The zero-order valence-electron chi connectivity index (χ0n) is 13.5. The molecule has 1 atom stereocenters. The summed E-state index contributed by atoms with van der Waals surface area (Å²) in [6.07, 6.45) is 10.1. The maximum absolute atomic E-state index is 8.75. The molecule has 25 heavy (non-hydrogen) atoms. The van der Waals surface area contributed by atoms with Crippen LogP contribution in [-0.4, -0.2) is 47.3 Å². The fourth-order valence-electron chi connectivity index (χ4n) is 2.34. The van der Waals surface area contributed by atoms with E-state index < -0.39 is 0 Å². The van der Waals surface area contributed by atoms with E-state index in [1.165, 1.54) is 12.4 Å². The molecule has 1 saturated heterocycles. The predicted octanol–water partition coefficient (Wildman–Crippen LogP) is 0.868. The molecule has 1 aliphatic heterocycles. The van der Waals surface area contributed by atoms with Gasteiger partial charge in [-0.15, -0.1) is 6.42 Å². The summed E-state index contributed by atoms with van der Waals surface area (Å²) in [4.78, 5) is 12.3. The summed E-state index contributed by atoms with van der Waals surface area (Å²) >= 11 is 0. The Balaban J connectivity index is 1.70. The number of nitrogens with zero attached hydrogens (tertiary/aromatic N) is 4. The van der Waals surface area contributed by atoms with E-state index in [1.807, 2.05) is 12.1 Å². The number of hydrogen-bond acceptors (Lipinski definition) is 8. The minimum Gasteiger partial charge on any atom is -0.381 e. The van der Waals surface area contributed by atoms with Gasteiger partial charge in [-0.05, 0) is 0 Å². The largest absolute Gasteiger partial charge is 0.381 e. The van der Waals surface area contributed by atoms with Crippen molar-refractivity contribution in [3.8, 4) is 18.4 Å². The molecule has 0 aromatic carbocycles. The van der Waals surface area contributed by atoms with Crippen molar-refractivity contribution in [2.24, 2.45) is 0 Å². The first-order chi connectivity index (χ1) is 12.3. The van der Waals surface area contributed by atoms with E-state index in [4.69, 9.17) is 16.4 Å². The second kappa shape index (κ2) is 8.06. The summed E-state index contributed by atoms with van der Waals surface area (Å²) in [5.41, 5.74) is 1.71. The average Bonchev–Trinajstić information content (AvgIpc) is 2.68. The van der Waals surface area contributed by atoms with Crippen LogP contribution in [0.1, 0.15) is 11.3 Å². The number of nitrogens with one attached hydrogen (secondary N) is 3. The molecule has 3 heterocycles. The third kappa shape index (κ3) is 4.42. The van der Waals surface area contributed by atoms with Crippen molar-refractivity contribution >= 4 is 17.3 Å². The molecule has 1 fully saturated rings. The fourth-order valence-corrected chi connectivity index (χ4v) is 2.34. The number of anilines is 3. The molecule has 0 unspecified atom stereocenters. The Labute approximate surface area is 145 Å². The number of rotatable bonds is 5. The van der Waals surface area contributed by atoms with Gasteiger partial charge in [0.25, 0.3) is 0 Å². The van der Waals surface area contributed by atoms with Crippen LogP contribution in [0.5, 0.6) is 0 Å². The molecule has 2 aromatic heterocycles. The summed E-state index contributed by atoms with van der Waals surface area (Å²) in [5.74, 6) is 3.68. The van der Waals surface area contributed by atoms with E-state index in [1.54, 1.807) is 6.20 Å². The van der Waals surface area contributed by atoms with Gasteiger partial charge < -0.3 is 20.7 Å². The third-order valence-corrected chi connectivity index (χ3v) is 3.61. The van der Waals surface area contributed by atoms with Crippen LogP contribution in [0, 0.1) is 23.7 Å². The minimum absolute atomic E-state index is 0.0911. The molecule has 126 valence electrons. The molecule has 2 aromatic rings. The normalized spacial score (nSPS) is 16.5. The molecule has 0 saturated carbocycles. The first-order valence-electron chi connectivity index (χ1n) is 7.80. The van der Waals surface area contributed by atoms with Gasteiger partial charge in [-0.25, -0.2) is 15.0 Å². The Kier molecular flexibility index (Phi) is 5.37. The van der Waals surface area contributed by atoms with Crippen LogP contribution in [0.4, 0.5) is 17.3 Å². The van der Waals surface area contributed by atoms with Crippen LogP contribution in [0.15, 0.2) is 24.7 Å². The van der Waals surface area contributed by atoms with Crippen molar-refractivity contribution in [2.75, 3.05) is 36.9 Å². The van der Waals surface area contributed by atoms with Gasteiger partial charge in [0, 0.05) is 31.9 Å². The van der Waals surface area contributed by atoms with E-state index >= 15 is 0 Å². The molecular formula is C17H17N7O. The number of terminal acetylenes is 1. The van der Waals surface area contributed by atoms with Gasteiger partial charge in [-0.3, -0.25) is 0 Å². The maximum Gasteiger partial charge on any atom is 0.158 e. The molecule has 3 N–H and O–H groups in total. The van der Waals surface area contributed by atoms with Crippen molar-refractivity contribution in [1.29, 1.82) is 5.26 Å². The summed E-state index contributed by atoms with van der Waals surface area (Å²) in [6.45, 7) is 3.02. The van der Waals surface area contributed by atoms with Crippen molar-refractivity contribution < 1.29 is 4.74 Å². The molecule has 0 spiro atoms. The number of ether oxygens (including phenoxy) is 1. The lowest BCUT2D eigenvalue weighted by Gasteiger charge is -2.24. The van der Waals surface area contributed by atoms with Crippen LogP contribution < -0.4 is 16.0 Å². The number of hydrogen-bond donors (Lipinski definition) is 3. The fraction of sp³-hybridized carbons (Fsp3) is 0.294. The van der Waals surface area contributed by atoms with Gasteiger partial charge in [-0.2, -0.15) is 5.26 Å². The second-order valence-corrected chi connectivity index (χ2v) is 5.36. The molecule has 8 heteroatoms. The second-order valence-electron chi connectivity index (χ2n) is 5.36. The molecular weight excluding hydrogens is 318 g/mol. The molecule has 8 nitrogen and oxygen atoms in total. The average molecular weight is 335 g/mol. The zero-order valence-corrected chi connectivity index (χ0v) is 13.5. The van der Waals surface area contributed by atoms with E-state index in [2.05, 4.69) is 36.8 Å². The van der Waals surface area contributed by atoms with Gasteiger partial charge >= 0.3 is 0 Å². The van der Waals surface area contributed by atoms with Crippen LogP contribution in [-0.2, 0) is 4.74 Å². The summed E-state index contributed by atoms with van der Waals surface area (Å²) < 4.78 is 5.67. The van der Waals surface area contributed by atoms with Crippen molar-refractivity contribution in [3.63, 3.8) is 0 Å². The summed E-state index contributed by atoms with van der Waals surface area (Å²) in [7, 11) is 0. The van der Waals surface area contributed by atoms with Gasteiger partial charge in [0.2, 0.25) is 0 Å². The Morgan fingerprint density at radius 1 is 1.28 bits per heavy atom. The summed E-state index contributed by atoms with van der Waals surface area (Å²) in [5, 5.41) is 18.4. The van der Waals surface area contributed by atoms with Gasteiger partial charge in [0.15, 0.2) is 5.69 Å². The lowest BCUT2D eigenvalue weighted by atomic mass is 10.2. The maximum atomic E-state index is 8.75. The van der Waals surface area contributed by atoms with Crippen LogP contribution >= 0.6 is 0 Å². The van der Waals surface area contributed by atoms with Crippen molar-refractivity contribution in [2.45, 2.75) is 6.10 Å². The monoisotopic (exact) mass is 335 g/mol. The molecule has 0 aliphatic carbocycles. The highest BCUT2D eigenvalue weighted by molar-refractivity contribution is 5.65. The number of pyridine rings is 1. The van der Waals surface area contributed by atoms with E-state index in [0.717, 1.165) is 18.8 Å². The van der Waals surface area contributed by atoms with Gasteiger partial charge in [0.05, 0.1) is 36.4 Å². The molecule has 3 rings (SSSR count). The minimum atomic E-state index is 0.0911. The van der Waals surface area contributed by atoms with Crippen molar-refractivity contribution in [1.82, 2.24) is 20.3 Å². The van der Waals surface area contributed by atoms with Crippen LogP contribution in [0.2, 0.25) is 0 Å². The lowest BCUT2D eigenvalue weighted by Crippen LogP contribution is -2.42. The Hall–Kier alpha value is -3.20. The molecule has 1 aliphatic rings. The van der Waals surface area contributed by atoms with E-state index in [0.29, 0.717) is 30.4 Å². The van der Waals surface area contributed by atoms with Crippen LogP contribution in [0.3, 0.4) is 0 Å². The predicted molar refractivity (Wildman–Crippen MR) is 93.3 cm³/mol. The quantitative estimate of drug-likeness (QED) is 0.691. The highest BCUT2D eigenvalue weighted by Gasteiger charge is 2.14. The first kappa shape index (κ1) is 16.7. The Morgan fingerprint density at radius 3 is 2.84 bits per heavy atom. The summed E-state index contributed by atoms with van der Waals surface area (Å²) in [6, 6.07) is 3.73. The standard InChI is InChI=1S/C17H17N7O/c1-2-12-7-22-16(24-17-11-20-13(6-18)8-23-17)5-15(12)21-10-14-9-19-3-4-25-14/h1,5,7-8,11,14,19H,3-4,9-10H2,(H2,21,22,23,24)/t14-/m0/s1. The number of nitriles is 1. The van der Waals surface area contributed by atoms with Gasteiger partial charge in [-0.1, -0.05) is 5.92 Å². The molecule has 0 bridgehead atoms. The number of aromatic nitrogens is 3. The number of morpholine rings is 1. The SMILES string of the molecule is C#Cc1cnc(Nc2cnc(C#N)cn2)cc1NC[C@@H]1CNCCO1. The van der Waals surface area contributed by atoms with E-state index in [-0.39, 0.29) is 11.8 Å². The first-order valence-corrected chi connectivity index (χ1v) is 7.80. The highest BCUT2D eigenvalue weighted by atomic mass is 16.5. The Bertz CT molecular complexity index is 801. The topological polar surface area (TPSA) is 108 Å². The molecule has 0 amide bonds.